The van der Waals surface area contributed by atoms with Gasteiger partial charge in [-0.05, 0) is 30.3 Å². The van der Waals surface area contributed by atoms with Crippen LogP contribution < -0.4 is 15.1 Å². The third-order valence-electron chi connectivity index (χ3n) is 5.46. The molecule has 3 heterocycles. The number of likely N-dealkylation sites (N-methyl/N-ethyl adjacent to an activating group) is 1. The second kappa shape index (κ2) is 7.26. The summed E-state index contributed by atoms with van der Waals surface area (Å²) in [7, 11) is 1.99. The van der Waals surface area contributed by atoms with E-state index in [0.717, 1.165) is 16.9 Å². The van der Waals surface area contributed by atoms with Gasteiger partial charge in [-0.3, -0.25) is 9.78 Å². The molecule has 1 amide bonds. The number of carbonyl (C=O) groups is 1. The van der Waals surface area contributed by atoms with Gasteiger partial charge in [-0.25, -0.2) is 9.38 Å². The van der Waals surface area contributed by atoms with Crippen LogP contribution in [0.4, 0.5) is 21.5 Å². The molecule has 30 heavy (non-hydrogen) atoms. The van der Waals surface area contributed by atoms with Crippen LogP contribution in [0.25, 0.3) is 0 Å². The smallest absolute Gasteiger partial charge is 0.272 e. The summed E-state index contributed by atoms with van der Waals surface area (Å²) in [5, 5.41) is 3.17. The van der Waals surface area contributed by atoms with Gasteiger partial charge in [0, 0.05) is 43.7 Å². The van der Waals surface area contributed by atoms with Crippen LogP contribution in [-0.4, -0.2) is 42.9 Å². The minimum atomic E-state index is -0.896. The first-order chi connectivity index (χ1) is 14.6. The zero-order chi connectivity index (χ0) is 20.7. The number of benzene rings is 2. The number of rotatable bonds is 3. The maximum absolute atomic E-state index is 14.8. The summed E-state index contributed by atoms with van der Waals surface area (Å²) in [6.07, 6.45) is 2.41. The number of nitrogens with zero attached hydrogens (tertiary/aromatic N) is 4. The zero-order valence-corrected chi connectivity index (χ0v) is 16.4. The molecular formula is C23H20FN5O. The van der Waals surface area contributed by atoms with Crippen LogP contribution in [0.2, 0.25) is 0 Å². The number of amides is 1. The first-order valence-corrected chi connectivity index (χ1v) is 9.78. The number of aliphatic imine (C=N–C) groups is 1. The van der Waals surface area contributed by atoms with E-state index in [1.807, 2.05) is 31.3 Å². The fourth-order valence-electron chi connectivity index (χ4n) is 3.99. The summed E-state index contributed by atoms with van der Waals surface area (Å²) in [6, 6.07) is 15.9. The predicted octanol–water partition coefficient (Wildman–Crippen LogP) is 3.29. The van der Waals surface area contributed by atoms with E-state index in [4.69, 9.17) is 4.99 Å². The quantitative estimate of drug-likeness (QED) is 0.732. The van der Waals surface area contributed by atoms with E-state index in [2.05, 4.69) is 15.2 Å². The highest BCUT2D eigenvalue weighted by molar-refractivity contribution is 6.22. The summed E-state index contributed by atoms with van der Waals surface area (Å²) in [5.41, 5.74) is 3.94. The van der Waals surface area contributed by atoms with Gasteiger partial charge in [0.25, 0.3) is 5.91 Å². The topological polar surface area (TPSA) is 60.8 Å². The molecule has 1 aromatic heterocycles. The molecule has 0 saturated heterocycles. The SMILES string of the molecule is CN1CCN2C(=O)C(Nc3cccnc3)N=C(c3ccccc3F)c3cccc1c32. The van der Waals surface area contributed by atoms with Crippen LogP contribution in [0.5, 0.6) is 0 Å². The third-order valence-corrected chi connectivity index (χ3v) is 5.46. The van der Waals surface area contributed by atoms with Gasteiger partial charge in [-0.15, -0.1) is 0 Å². The molecule has 7 heteroatoms. The van der Waals surface area contributed by atoms with Gasteiger partial charge >= 0.3 is 0 Å². The molecule has 0 saturated carbocycles. The Balaban J connectivity index is 1.72. The number of carbonyl (C=O) groups excluding carboxylic acids is 1. The first-order valence-electron chi connectivity index (χ1n) is 9.78. The molecule has 2 aliphatic rings. The molecule has 1 unspecified atom stereocenters. The molecule has 2 aromatic carbocycles. The number of pyridine rings is 1. The van der Waals surface area contributed by atoms with Crippen LogP contribution >= 0.6 is 0 Å². The van der Waals surface area contributed by atoms with Crippen molar-refractivity contribution >= 4 is 28.7 Å². The summed E-state index contributed by atoms with van der Waals surface area (Å²) in [4.78, 5) is 26.2. The van der Waals surface area contributed by atoms with Crippen molar-refractivity contribution in [1.29, 1.82) is 0 Å². The second-order valence-corrected chi connectivity index (χ2v) is 7.33. The van der Waals surface area contributed by atoms with E-state index in [1.165, 1.54) is 6.07 Å². The van der Waals surface area contributed by atoms with Crippen molar-refractivity contribution in [3.05, 3.63) is 83.9 Å². The highest BCUT2D eigenvalue weighted by atomic mass is 19.1. The van der Waals surface area contributed by atoms with Crippen molar-refractivity contribution < 1.29 is 9.18 Å². The predicted molar refractivity (Wildman–Crippen MR) is 116 cm³/mol. The number of hydrogen-bond donors (Lipinski definition) is 1. The van der Waals surface area contributed by atoms with Gasteiger partial charge < -0.3 is 15.1 Å². The molecule has 5 rings (SSSR count). The minimum Gasteiger partial charge on any atom is -0.371 e. The Labute approximate surface area is 173 Å². The maximum Gasteiger partial charge on any atom is 0.272 e. The second-order valence-electron chi connectivity index (χ2n) is 7.33. The number of hydrogen-bond acceptors (Lipinski definition) is 5. The largest absolute Gasteiger partial charge is 0.371 e. The van der Waals surface area contributed by atoms with Crippen LogP contribution in [0, 0.1) is 5.82 Å². The van der Waals surface area contributed by atoms with E-state index in [1.54, 1.807) is 41.6 Å². The maximum atomic E-state index is 14.8. The summed E-state index contributed by atoms with van der Waals surface area (Å²) < 4.78 is 14.8. The summed E-state index contributed by atoms with van der Waals surface area (Å²) >= 11 is 0. The van der Waals surface area contributed by atoms with Crippen molar-refractivity contribution in [2.45, 2.75) is 6.17 Å². The van der Waals surface area contributed by atoms with E-state index in [-0.39, 0.29) is 11.7 Å². The molecule has 3 aromatic rings. The number of halogens is 1. The zero-order valence-electron chi connectivity index (χ0n) is 16.4. The summed E-state index contributed by atoms with van der Waals surface area (Å²) in [6.45, 7) is 1.24. The van der Waals surface area contributed by atoms with Gasteiger partial charge in [0.15, 0.2) is 6.17 Å². The number of nitrogens with one attached hydrogen (secondary N) is 1. The molecule has 0 bridgehead atoms. The summed E-state index contributed by atoms with van der Waals surface area (Å²) in [5.74, 6) is -0.550. The van der Waals surface area contributed by atoms with Crippen LogP contribution in [0.15, 0.2) is 72.0 Å². The Morgan fingerprint density at radius 3 is 2.67 bits per heavy atom. The highest BCUT2D eigenvalue weighted by Crippen LogP contribution is 2.39. The molecule has 0 fully saturated rings. The Morgan fingerprint density at radius 1 is 1.03 bits per heavy atom. The molecule has 1 N–H and O–H groups in total. The van der Waals surface area contributed by atoms with Gasteiger partial charge in [0.2, 0.25) is 0 Å². The average molecular weight is 401 g/mol. The monoisotopic (exact) mass is 401 g/mol. The Morgan fingerprint density at radius 2 is 1.87 bits per heavy atom. The fraction of sp³-hybridized carbons (Fsp3) is 0.174. The van der Waals surface area contributed by atoms with Gasteiger partial charge in [0.1, 0.15) is 5.82 Å². The van der Waals surface area contributed by atoms with Crippen LogP contribution in [-0.2, 0) is 4.79 Å². The van der Waals surface area contributed by atoms with Gasteiger partial charge in [-0.1, -0.05) is 24.3 Å². The molecule has 150 valence electrons. The lowest BCUT2D eigenvalue weighted by atomic mass is 9.97. The molecule has 6 nitrogen and oxygen atoms in total. The van der Waals surface area contributed by atoms with Gasteiger partial charge in [0.05, 0.1) is 22.8 Å². The normalized spacial score (nSPS) is 17.9. The van der Waals surface area contributed by atoms with E-state index in [0.29, 0.717) is 30.1 Å². The lowest BCUT2D eigenvalue weighted by Crippen LogP contribution is -2.47. The number of anilines is 3. The van der Waals surface area contributed by atoms with Crippen molar-refractivity contribution in [3.63, 3.8) is 0 Å². The van der Waals surface area contributed by atoms with Crippen molar-refractivity contribution in [3.8, 4) is 0 Å². The Kier molecular flexibility index (Phi) is 4.43. The third kappa shape index (κ3) is 2.99. The van der Waals surface area contributed by atoms with Crippen molar-refractivity contribution in [1.82, 2.24) is 4.98 Å². The molecular weight excluding hydrogens is 381 g/mol. The molecule has 0 radical (unpaired) electrons. The first kappa shape index (κ1) is 18.3. The molecule has 0 spiro atoms. The molecule has 2 aliphatic heterocycles. The molecule has 1 atom stereocenters. The number of para-hydroxylation sites is 1. The Bertz CT molecular complexity index is 1150. The minimum absolute atomic E-state index is 0.174. The standard InChI is InChI=1S/C23H20FN5O/c1-28-12-13-29-21-17(8-4-10-19(21)28)20(16-7-2-3-9-18(16)24)27-22(23(29)30)26-15-6-5-11-25-14-15/h2-11,14,22,26H,12-13H2,1H3. The lowest BCUT2D eigenvalue weighted by molar-refractivity contribution is -0.119. The van der Waals surface area contributed by atoms with Crippen molar-refractivity contribution in [2.75, 3.05) is 35.3 Å². The van der Waals surface area contributed by atoms with Crippen LogP contribution in [0.1, 0.15) is 11.1 Å². The highest BCUT2D eigenvalue weighted by Gasteiger charge is 2.36. The lowest BCUT2D eigenvalue weighted by Gasteiger charge is -2.36. The molecule has 0 aliphatic carbocycles. The van der Waals surface area contributed by atoms with E-state index in [9.17, 15) is 9.18 Å². The van der Waals surface area contributed by atoms with E-state index >= 15 is 0 Å². The van der Waals surface area contributed by atoms with Crippen molar-refractivity contribution in [2.24, 2.45) is 4.99 Å². The Hall–Kier alpha value is -3.74. The van der Waals surface area contributed by atoms with Gasteiger partial charge in [-0.2, -0.15) is 0 Å². The number of aromatic nitrogens is 1. The van der Waals surface area contributed by atoms with E-state index < -0.39 is 6.17 Å². The van der Waals surface area contributed by atoms with Crippen LogP contribution in [0.3, 0.4) is 0 Å². The average Bonchev–Trinajstić information content (AvgIpc) is 2.88. The fourth-order valence-corrected chi connectivity index (χ4v) is 3.99.